The average molecular weight is 361 g/mol. The Hall–Kier alpha value is -3.28. The summed E-state index contributed by atoms with van der Waals surface area (Å²) in [5.74, 6) is 0.315. The molecule has 0 unspecified atom stereocenters. The summed E-state index contributed by atoms with van der Waals surface area (Å²) in [4.78, 5) is 24.6. The van der Waals surface area contributed by atoms with Gasteiger partial charge in [0.1, 0.15) is 11.5 Å². The fraction of sp³-hybridized carbons (Fsp3) is 0.238. The Balaban J connectivity index is 1.59. The van der Waals surface area contributed by atoms with Crippen LogP contribution < -0.4 is 10.6 Å². The van der Waals surface area contributed by atoms with Gasteiger partial charge in [0.15, 0.2) is 0 Å². The standard InChI is InChI=1S/C21H23N5O/c1-21(2,3)16-6-8-17(9-7-16)26-19-14-23-18(13-24-19)20(27)25-12-15-5-4-10-22-11-15/h4-11,13-14H,12H2,1-3H3,(H,24,26)(H,25,27). The predicted molar refractivity (Wildman–Crippen MR) is 106 cm³/mol. The number of amides is 1. The van der Waals surface area contributed by atoms with Gasteiger partial charge in [0.2, 0.25) is 0 Å². The van der Waals surface area contributed by atoms with Crippen molar-refractivity contribution in [2.75, 3.05) is 5.32 Å². The summed E-state index contributed by atoms with van der Waals surface area (Å²) in [7, 11) is 0. The summed E-state index contributed by atoms with van der Waals surface area (Å²) < 4.78 is 0. The van der Waals surface area contributed by atoms with Crippen LogP contribution in [0, 0.1) is 0 Å². The molecule has 0 saturated heterocycles. The number of hydrogen-bond donors (Lipinski definition) is 2. The lowest BCUT2D eigenvalue weighted by atomic mass is 9.87. The highest BCUT2D eigenvalue weighted by Gasteiger charge is 2.13. The predicted octanol–water partition coefficient (Wildman–Crippen LogP) is 3.84. The molecule has 1 amide bonds. The van der Waals surface area contributed by atoms with E-state index in [1.807, 2.05) is 24.3 Å². The van der Waals surface area contributed by atoms with Gasteiger partial charge in [0, 0.05) is 24.6 Å². The van der Waals surface area contributed by atoms with E-state index in [-0.39, 0.29) is 17.0 Å². The summed E-state index contributed by atoms with van der Waals surface area (Å²) in [6.45, 7) is 6.94. The molecule has 0 spiro atoms. The molecule has 0 aliphatic heterocycles. The fourth-order valence-electron chi connectivity index (χ4n) is 2.49. The number of hydrogen-bond acceptors (Lipinski definition) is 5. The molecule has 0 saturated carbocycles. The summed E-state index contributed by atoms with van der Waals surface area (Å²) in [5, 5.41) is 6.00. The summed E-state index contributed by atoms with van der Waals surface area (Å²) in [5.41, 5.74) is 3.50. The van der Waals surface area contributed by atoms with Crippen LogP contribution in [0.2, 0.25) is 0 Å². The maximum absolute atomic E-state index is 12.2. The van der Waals surface area contributed by atoms with Gasteiger partial charge in [-0.25, -0.2) is 9.97 Å². The number of nitrogens with one attached hydrogen (secondary N) is 2. The van der Waals surface area contributed by atoms with E-state index < -0.39 is 0 Å². The molecule has 3 aromatic rings. The lowest BCUT2D eigenvalue weighted by Crippen LogP contribution is -2.24. The van der Waals surface area contributed by atoms with E-state index in [1.54, 1.807) is 18.6 Å². The summed E-state index contributed by atoms with van der Waals surface area (Å²) >= 11 is 0. The number of benzene rings is 1. The molecule has 0 aliphatic carbocycles. The van der Waals surface area contributed by atoms with Crippen LogP contribution in [0.15, 0.2) is 61.2 Å². The van der Waals surface area contributed by atoms with E-state index in [0.717, 1.165) is 11.3 Å². The van der Waals surface area contributed by atoms with Crippen molar-refractivity contribution in [1.29, 1.82) is 0 Å². The molecular weight excluding hydrogens is 338 g/mol. The number of aromatic nitrogens is 3. The molecule has 27 heavy (non-hydrogen) atoms. The topological polar surface area (TPSA) is 79.8 Å². The zero-order valence-corrected chi connectivity index (χ0v) is 15.7. The zero-order chi connectivity index (χ0) is 19.3. The maximum atomic E-state index is 12.2. The molecule has 2 heterocycles. The van der Waals surface area contributed by atoms with Crippen molar-refractivity contribution >= 4 is 17.4 Å². The third-order valence-corrected chi connectivity index (χ3v) is 4.08. The first kappa shape index (κ1) is 18.5. The SMILES string of the molecule is CC(C)(C)c1ccc(Nc2cnc(C(=O)NCc3cccnc3)cn2)cc1. The van der Waals surface area contributed by atoms with Gasteiger partial charge >= 0.3 is 0 Å². The van der Waals surface area contributed by atoms with Crippen LogP contribution in [0.25, 0.3) is 0 Å². The molecule has 0 fully saturated rings. The van der Waals surface area contributed by atoms with Crippen molar-refractivity contribution in [1.82, 2.24) is 20.3 Å². The van der Waals surface area contributed by atoms with Crippen LogP contribution in [0.5, 0.6) is 0 Å². The maximum Gasteiger partial charge on any atom is 0.271 e. The Labute approximate surface area is 159 Å². The van der Waals surface area contributed by atoms with Gasteiger partial charge in [0.25, 0.3) is 5.91 Å². The van der Waals surface area contributed by atoms with Crippen LogP contribution >= 0.6 is 0 Å². The zero-order valence-electron chi connectivity index (χ0n) is 15.7. The van der Waals surface area contributed by atoms with Crippen LogP contribution in [-0.2, 0) is 12.0 Å². The number of carbonyl (C=O) groups excluding carboxylic acids is 1. The van der Waals surface area contributed by atoms with Gasteiger partial charge in [0.05, 0.1) is 12.4 Å². The van der Waals surface area contributed by atoms with Gasteiger partial charge in [-0.05, 0) is 34.7 Å². The van der Waals surface area contributed by atoms with E-state index in [0.29, 0.717) is 12.4 Å². The molecule has 0 aliphatic rings. The number of rotatable bonds is 5. The van der Waals surface area contributed by atoms with Crippen LogP contribution in [-0.4, -0.2) is 20.9 Å². The second kappa shape index (κ2) is 7.95. The van der Waals surface area contributed by atoms with Crippen LogP contribution in [0.1, 0.15) is 42.4 Å². The Morgan fingerprint density at radius 1 is 1.00 bits per heavy atom. The first-order chi connectivity index (χ1) is 12.9. The molecule has 0 bridgehead atoms. The average Bonchev–Trinajstić information content (AvgIpc) is 2.67. The second-order valence-electron chi connectivity index (χ2n) is 7.28. The normalized spacial score (nSPS) is 11.1. The van der Waals surface area contributed by atoms with E-state index in [2.05, 4.69) is 58.5 Å². The van der Waals surface area contributed by atoms with Gasteiger partial charge in [-0.15, -0.1) is 0 Å². The van der Waals surface area contributed by atoms with Crippen molar-refractivity contribution in [2.24, 2.45) is 0 Å². The molecule has 138 valence electrons. The van der Waals surface area contributed by atoms with E-state index in [9.17, 15) is 4.79 Å². The first-order valence-corrected chi connectivity index (χ1v) is 8.78. The molecule has 0 atom stereocenters. The molecule has 0 radical (unpaired) electrons. The third-order valence-electron chi connectivity index (χ3n) is 4.08. The highest BCUT2D eigenvalue weighted by molar-refractivity contribution is 5.92. The van der Waals surface area contributed by atoms with Gasteiger partial charge in [-0.3, -0.25) is 9.78 Å². The Bertz CT molecular complexity index is 885. The first-order valence-electron chi connectivity index (χ1n) is 8.78. The smallest absolute Gasteiger partial charge is 0.271 e. The van der Waals surface area contributed by atoms with Gasteiger partial charge in [-0.2, -0.15) is 0 Å². The van der Waals surface area contributed by atoms with Crippen molar-refractivity contribution in [3.8, 4) is 0 Å². The van der Waals surface area contributed by atoms with Gasteiger partial charge in [-0.1, -0.05) is 39.0 Å². The minimum absolute atomic E-state index is 0.114. The number of anilines is 2. The lowest BCUT2D eigenvalue weighted by molar-refractivity contribution is 0.0945. The van der Waals surface area contributed by atoms with Crippen molar-refractivity contribution in [2.45, 2.75) is 32.7 Å². The van der Waals surface area contributed by atoms with Gasteiger partial charge < -0.3 is 10.6 Å². The van der Waals surface area contributed by atoms with E-state index >= 15 is 0 Å². The lowest BCUT2D eigenvalue weighted by Gasteiger charge is -2.19. The van der Waals surface area contributed by atoms with Crippen molar-refractivity contribution in [3.63, 3.8) is 0 Å². The molecule has 2 aromatic heterocycles. The molecule has 3 rings (SSSR count). The highest BCUT2D eigenvalue weighted by atomic mass is 16.1. The molecular formula is C21H23N5O. The summed E-state index contributed by atoms with van der Waals surface area (Å²) in [6.07, 6.45) is 6.42. The monoisotopic (exact) mass is 361 g/mol. The third kappa shape index (κ3) is 5.10. The largest absolute Gasteiger partial charge is 0.347 e. The number of pyridine rings is 1. The molecule has 2 N–H and O–H groups in total. The molecule has 6 nitrogen and oxygen atoms in total. The quantitative estimate of drug-likeness (QED) is 0.722. The van der Waals surface area contributed by atoms with Crippen molar-refractivity contribution in [3.05, 3.63) is 78.0 Å². The molecule has 1 aromatic carbocycles. The van der Waals surface area contributed by atoms with E-state index in [4.69, 9.17) is 0 Å². The highest BCUT2D eigenvalue weighted by Crippen LogP contribution is 2.24. The minimum atomic E-state index is -0.271. The fourth-order valence-corrected chi connectivity index (χ4v) is 2.49. The van der Waals surface area contributed by atoms with Crippen LogP contribution in [0.3, 0.4) is 0 Å². The van der Waals surface area contributed by atoms with Crippen molar-refractivity contribution < 1.29 is 4.79 Å². The molecule has 6 heteroatoms. The Morgan fingerprint density at radius 3 is 2.37 bits per heavy atom. The Kier molecular flexibility index (Phi) is 5.45. The van der Waals surface area contributed by atoms with E-state index in [1.165, 1.54) is 11.8 Å². The Morgan fingerprint density at radius 2 is 1.78 bits per heavy atom. The van der Waals surface area contributed by atoms with Crippen LogP contribution in [0.4, 0.5) is 11.5 Å². The number of carbonyl (C=O) groups is 1. The summed E-state index contributed by atoms with van der Waals surface area (Å²) in [6, 6.07) is 11.9. The number of nitrogens with zero attached hydrogens (tertiary/aromatic N) is 3. The second-order valence-corrected chi connectivity index (χ2v) is 7.28. The minimum Gasteiger partial charge on any atom is -0.347 e.